The van der Waals surface area contributed by atoms with Crippen LogP contribution >= 0.6 is 11.6 Å². The number of esters is 1. The van der Waals surface area contributed by atoms with E-state index in [9.17, 15) is 9.18 Å². The van der Waals surface area contributed by atoms with Crippen LogP contribution in [0.2, 0.25) is 5.02 Å². The van der Waals surface area contributed by atoms with Gasteiger partial charge in [-0.15, -0.1) is 0 Å². The van der Waals surface area contributed by atoms with Crippen LogP contribution in [-0.2, 0) is 14.3 Å². The fourth-order valence-electron chi connectivity index (χ4n) is 2.22. The molecule has 1 aromatic carbocycles. The van der Waals surface area contributed by atoms with Crippen LogP contribution in [0.15, 0.2) is 18.2 Å². The molecule has 1 aromatic rings. The lowest BCUT2D eigenvalue weighted by Gasteiger charge is -2.27. The predicted molar refractivity (Wildman–Crippen MR) is 73.1 cm³/mol. The predicted octanol–water partition coefficient (Wildman–Crippen LogP) is 2.46. The first kappa shape index (κ1) is 15.2. The number of ether oxygens (including phenoxy) is 2. The van der Waals surface area contributed by atoms with Gasteiger partial charge in [0.1, 0.15) is 11.9 Å². The molecule has 1 aliphatic rings. The molecule has 1 heterocycles. The Balaban J connectivity index is 2.17. The van der Waals surface area contributed by atoms with Crippen LogP contribution in [0.3, 0.4) is 0 Å². The first-order valence-corrected chi connectivity index (χ1v) is 6.86. The third-order valence-electron chi connectivity index (χ3n) is 3.28. The maximum Gasteiger partial charge on any atom is 0.327 e. The Labute approximate surface area is 122 Å². The fourth-order valence-corrected chi connectivity index (χ4v) is 2.34. The van der Waals surface area contributed by atoms with E-state index in [1.807, 2.05) is 0 Å². The maximum atomic E-state index is 13.5. The second-order valence-electron chi connectivity index (χ2n) is 4.71. The molecule has 0 aromatic heterocycles. The van der Waals surface area contributed by atoms with Crippen LogP contribution in [0, 0.1) is 5.82 Å². The second-order valence-corrected chi connectivity index (χ2v) is 5.12. The van der Waals surface area contributed by atoms with Gasteiger partial charge in [-0.1, -0.05) is 17.7 Å². The van der Waals surface area contributed by atoms with E-state index in [0.717, 1.165) is 19.4 Å². The summed E-state index contributed by atoms with van der Waals surface area (Å²) in [6.45, 7) is 1.26. The summed E-state index contributed by atoms with van der Waals surface area (Å²) < 4.78 is 23.7. The molecule has 0 spiro atoms. The summed E-state index contributed by atoms with van der Waals surface area (Å²) in [5, 5.41) is 3.19. The van der Waals surface area contributed by atoms with Crippen LogP contribution in [0.4, 0.5) is 4.39 Å². The smallest absolute Gasteiger partial charge is 0.327 e. The third-order valence-corrected chi connectivity index (χ3v) is 3.58. The molecule has 1 fully saturated rings. The van der Waals surface area contributed by atoms with E-state index < -0.39 is 17.8 Å². The van der Waals surface area contributed by atoms with Crippen molar-refractivity contribution < 1.29 is 18.7 Å². The maximum absolute atomic E-state index is 13.5. The van der Waals surface area contributed by atoms with Crippen LogP contribution in [0.5, 0.6) is 0 Å². The summed E-state index contributed by atoms with van der Waals surface area (Å²) in [5.41, 5.74) is 0.490. The van der Waals surface area contributed by atoms with Gasteiger partial charge in [0.2, 0.25) is 0 Å². The van der Waals surface area contributed by atoms with Gasteiger partial charge in [0.25, 0.3) is 0 Å². The third kappa shape index (κ3) is 3.69. The monoisotopic (exact) mass is 301 g/mol. The average Bonchev–Trinajstić information content (AvgIpc) is 2.48. The van der Waals surface area contributed by atoms with E-state index >= 15 is 0 Å². The fraction of sp³-hybridized carbons (Fsp3) is 0.500. The van der Waals surface area contributed by atoms with Gasteiger partial charge in [0.05, 0.1) is 18.7 Å². The van der Waals surface area contributed by atoms with Crippen molar-refractivity contribution in [2.24, 2.45) is 0 Å². The van der Waals surface area contributed by atoms with E-state index in [-0.39, 0.29) is 11.1 Å². The zero-order chi connectivity index (χ0) is 14.5. The Morgan fingerprint density at radius 3 is 3.00 bits per heavy atom. The molecule has 2 rings (SSSR count). The average molecular weight is 302 g/mol. The van der Waals surface area contributed by atoms with Crippen molar-refractivity contribution in [2.45, 2.75) is 24.9 Å². The minimum Gasteiger partial charge on any atom is -0.468 e. The number of benzene rings is 1. The molecule has 0 aliphatic carbocycles. The van der Waals surface area contributed by atoms with Crippen LogP contribution in [-0.4, -0.2) is 32.3 Å². The molecule has 2 atom stereocenters. The number of rotatable bonds is 4. The summed E-state index contributed by atoms with van der Waals surface area (Å²) >= 11 is 5.66. The Kier molecular flexibility index (Phi) is 5.34. The molecule has 0 bridgehead atoms. The van der Waals surface area contributed by atoms with Gasteiger partial charge >= 0.3 is 5.97 Å². The van der Waals surface area contributed by atoms with Gasteiger partial charge in [-0.25, -0.2) is 9.18 Å². The normalized spacial score (nSPS) is 20.4. The van der Waals surface area contributed by atoms with E-state index in [1.54, 1.807) is 6.07 Å². The molecule has 1 N–H and O–H groups in total. The van der Waals surface area contributed by atoms with Gasteiger partial charge in [-0.05, 0) is 30.5 Å². The Hall–Kier alpha value is -1.17. The van der Waals surface area contributed by atoms with Gasteiger partial charge < -0.3 is 9.47 Å². The van der Waals surface area contributed by atoms with Crippen LogP contribution < -0.4 is 5.32 Å². The molecule has 20 heavy (non-hydrogen) atoms. The van der Waals surface area contributed by atoms with Gasteiger partial charge in [0.15, 0.2) is 0 Å². The summed E-state index contributed by atoms with van der Waals surface area (Å²) in [4.78, 5) is 11.9. The number of carbonyl (C=O) groups is 1. The standard InChI is InChI=1S/C14H17ClFNO3/c1-19-14(18)13(17-10-3-2-6-20-8-10)9-4-5-11(15)12(16)7-9/h4-5,7,10,13,17H,2-3,6,8H2,1H3/t10-,13-/m1/s1. The number of carbonyl (C=O) groups excluding carboxylic acids is 1. The van der Waals surface area contributed by atoms with Crippen LogP contribution in [0.1, 0.15) is 24.4 Å². The van der Waals surface area contributed by atoms with Gasteiger partial charge in [-0.2, -0.15) is 0 Å². The molecule has 0 radical (unpaired) electrons. The van der Waals surface area contributed by atoms with E-state index in [0.29, 0.717) is 12.2 Å². The van der Waals surface area contributed by atoms with E-state index in [4.69, 9.17) is 21.1 Å². The largest absolute Gasteiger partial charge is 0.468 e. The molecular formula is C14H17ClFNO3. The zero-order valence-corrected chi connectivity index (χ0v) is 12.0. The zero-order valence-electron chi connectivity index (χ0n) is 11.2. The molecule has 0 unspecified atom stereocenters. The number of hydrogen-bond donors (Lipinski definition) is 1. The summed E-state index contributed by atoms with van der Waals surface area (Å²) in [6, 6.07) is 3.62. The van der Waals surface area contributed by atoms with E-state index in [2.05, 4.69) is 5.32 Å². The summed E-state index contributed by atoms with van der Waals surface area (Å²) in [7, 11) is 1.31. The highest BCUT2D eigenvalue weighted by Gasteiger charge is 2.26. The number of halogens is 2. The SMILES string of the molecule is COC(=O)[C@H](N[C@@H]1CCCOC1)c1ccc(Cl)c(F)c1. The molecule has 1 saturated heterocycles. The highest BCUT2D eigenvalue weighted by molar-refractivity contribution is 6.30. The van der Waals surface area contributed by atoms with Gasteiger partial charge in [0, 0.05) is 12.6 Å². The summed E-state index contributed by atoms with van der Waals surface area (Å²) in [5.74, 6) is -1.02. The highest BCUT2D eigenvalue weighted by Crippen LogP contribution is 2.22. The number of nitrogens with one attached hydrogen (secondary N) is 1. The first-order chi connectivity index (χ1) is 9.61. The Morgan fingerprint density at radius 2 is 2.40 bits per heavy atom. The van der Waals surface area contributed by atoms with Crippen molar-refractivity contribution in [3.8, 4) is 0 Å². The quantitative estimate of drug-likeness (QED) is 0.868. The lowest BCUT2D eigenvalue weighted by atomic mass is 10.0. The van der Waals surface area contributed by atoms with E-state index in [1.165, 1.54) is 19.2 Å². The Morgan fingerprint density at radius 1 is 1.60 bits per heavy atom. The number of methoxy groups -OCH3 is 1. The first-order valence-electron chi connectivity index (χ1n) is 6.48. The lowest BCUT2D eigenvalue weighted by molar-refractivity contribution is -0.143. The van der Waals surface area contributed by atoms with Crippen molar-refractivity contribution in [3.63, 3.8) is 0 Å². The molecule has 4 nitrogen and oxygen atoms in total. The lowest BCUT2D eigenvalue weighted by Crippen LogP contribution is -2.42. The van der Waals surface area contributed by atoms with Crippen molar-refractivity contribution in [1.29, 1.82) is 0 Å². The second kappa shape index (κ2) is 7.02. The van der Waals surface area contributed by atoms with Crippen molar-refractivity contribution in [2.75, 3.05) is 20.3 Å². The van der Waals surface area contributed by atoms with Crippen molar-refractivity contribution >= 4 is 17.6 Å². The topological polar surface area (TPSA) is 47.6 Å². The number of hydrogen-bond acceptors (Lipinski definition) is 4. The molecule has 110 valence electrons. The minimum absolute atomic E-state index is 0.0263. The minimum atomic E-state index is -0.724. The molecule has 0 amide bonds. The van der Waals surface area contributed by atoms with Gasteiger partial charge in [-0.3, -0.25) is 5.32 Å². The van der Waals surface area contributed by atoms with Crippen LogP contribution in [0.25, 0.3) is 0 Å². The van der Waals surface area contributed by atoms with Crippen molar-refractivity contribution in [3.05, 3.63) is 34.6 Å². The molecule has 0 saturated carbocycles. The molecular weight excluding hydrogens is 285 g/mol. The Bertz CT molecular complexity index is 477. The molecule has 6 heteroatoms. The summed E-state index contributed by atoms with van der Waals surface area (Å²) in [6.07, 6.45) is 1.84. The highest BCUT2D eigenvalue weighted by atomic mass is 35.5. The molecule has 1 aliphatic heterocycles. The van der Waals surface area contributed by atoms with Crippen molar-refractivity contribution in [1.82, 2.24) is 5.32 Å².